The molecular formula is C15H21N5. The molecule has 5 nitrogen and oxygen atoms in total. The molecule has 2 aromatic rings. The lowest BCUT2D eigenvalue weighted by Crippen LogP contribution is -2.30. The van der Waals surface area contributed by atoms with E-state index >= 15 is 0 Å². The molecular weight excluding hydrogens is 250 g/mol. The van der Waals surface area contributed by atoms with Crippen LogP contribution >= 0.6 is 0 Å². The highest BCUT2D eigenvalue weighted by molar-refractivity contribution is 5.61. The Morgan fingerprint density at radius 1 is 1.15 bits per heavy atom. The molecule has 1 aromatic heterocycles. The second-order valence-electron chi connectivity index (χ2n) is 6.07. The van der Waals surface area contributed by atoms with Gasteiger partial charge in [-0.2, -0.15) is 5.21 Å². The zero-order valence-corrected chi connectivity index (χ0v) is 12.0. The molecule has 20 heavy (non-hydrogen) atoms. The Morgan fingerprint density at radius 3 is 2.65 bits per heavy atom. The number of rotatable bonds is 3. The lowest BCUT2D eigenvalue weighted by molar-refractivity contribution is 0.281. The van der Waals surface area contributed by atoms with Crippen LogP contribution in [0.2, 0.25) is 0 Å². The summed E-state index contributed by atoms with van der Waals surface area (Å²) in [5.41, 5.74) is 2.12. The van der Waals surface area contributed by atoms with Gasteiger partial charge in [-0.3, -0.25) is 0 Å². The molecule has 0 amide bonds. The van der Waals surface area contributed by atoms with E-state index in [9.17, 15) is 0 Å². The summed E-state index contributed by atoms with van der Waals surface area (Å²) in [7, 11) is 0. The molecule has 2 unspecified atom stereocenters. The van der Waals surface area contributed by atoms with E-state index in [0.717, 1.165) is 23.1 Å². The van der Waals surface area contributed by atoms with Crippen molar-refractivity contribution in [1.82, 2.24) is 20.6 Å². The van der Waals surface area contributed by atoms with Crippen LogP contribution in [0, 0.1) is 11.8 Å². The van der Waals surface area contributed by atoms with Crippen LogP contribution in [-0.4, -0.2) is 26.7 Å². The highest BCUT2D eigenvalue weighted by Gasteiger charge is 2.23. The van der Waals surface area contributed by atoms with Gasteiger partial charge >= 0.3 is 0 Å². The van der Waals surface area contributed by atoms with Crippen molar-refractivity contribution in [2.75, 3.05) is 5.32 Å². The van der Waals surface area contributed by atoms with E-state index in [-0.39, 0.29) is 0 Å². The minimum atomic E-state index is 0.564. The van der Waals surface area contributed by atoms with Gasteiger partial charge in [-0.1, -0.05) is 26.0 Å². The SMILES string of the molecule is CC1CC(C)CC(Nc2cccc(-c3nn[nH]n3)c2)C1. The van der Waals surface area contributed by atoms with Crippen LogP contribution in [0.1, 0.15) is 33.1 Å². The minimum absolute atomic E-state index is 0.564. The molecule has 0 saturated heterocycles. The van der Waals surface area contributed by atoms with Gasteiger partial charge in [-0.05, 0) is 48.4 Å². The van der Waals surface area contributed by atoms with Crippen LogP contribution in [0.25, 0.3) is 11.4 Å². The topological polar surface area (TPSA) is 66.5 Å². The Morgan fingerprint density at radius 2 is 1.95 bits per heavy atom. The number of nitrogens with one attached hydrogen (secondary N) is 2. The Labute approximate surface area is 119 Å². The van der Waals surface area contributed by atoms with E-state index in [2.05, 4.69) is 51.9 Å². The number of hydrogen-bond donors (Lipinski definition) is 2. The van der Waals surface area contributed by atoms with Crippen molar-refractivity contribution >= 4 is 5.69 Å². The van der Waals surface area contributed by atoms with Crippen molar-refractivity contribution in [2.45, 2.75) is 39.2 Å². The molecule has 1 aliphatic carbocycles. The average Bonchev–Trinajstić information content (AvgIpc) is 2.91. The van der Waals surface area contributed by atoms with Gasteiger partial charge in [0, 0.05) is 17.3 Å². The molecule has 1 saturated carbocycles. The predicted molar refractivity (Wildman–Crippen MR) is 79.2 cm³/mol. The number of H-pyrrole nitrogens is 1. The summed E-state index contributed by atoms with van der Waals surface area (Å²) in [5, 5.41) is 17.8. The molecule has 0 bridgehead atoms. The first-order chi connectivity index (χ1) is 9.70. The van der Waals surface area contributed by atoms with Gasteiger partial charge in [-0.25, -0.2) is 0 Å². The molecule has 106 valence electrons. The van der Waals surface area contributed by atoms with Crippen molar-refractivity contribution in [2.24, 2.45) is 11.8 Å². The molecule has 0 radical (unpaired) electrons. The van der Waals surface area contributed by atoms with Gasteiger partial charge in [0.15, 0.2) is 0 Å². The molecule has 1 aliphatic rings. The highest BCUT2D eigenvalue weighted by atomic mass is 15.5. The van der Waals surface area contributed by atoms with Gasteiger partial charge < -0.3 is 5.32 Å². The predicted octanol–water partition coefficient (Wildman–Crippen LogP) is 3.10. The van der Waals surface area contributed by atoms with Crippen LogP contribution in [0.4, 0.5) is 5.69 Å². The second-order valence-corrected chi connectivity index (χ2v) is 6.07. The maximum absolute atomic E-state index is 4.02. The molecule has 0 spiro atoms. The van der Waals surface area contributed by atoms with Crippen LogP contribution < -0.4 is 5.32 Å². The molecule has 1 heterocycles. The van der Waals surface area contributed by atoms with E-state index in [1.165, 1.54) is 19.3 Å². The number of anilines is 1. The van der Waals surface area contributed by atoms with E-state index in [4.69, 9.17) is 0 Å². The number of tetrazole rings is 1. The third kappa shape index (κ3) is 2.98. The molecule has 1 aromatic carbocycles. The Bertz CT molecular complexity index is 541. The van der Waals surface area contributed by atoms with Gasteiger partial charge in [0.1, 0.15) is 0 Å². The molecule has 0 aliphatic heterocycles. The van der Waals surface area contributed by atoms with Crippen LogP contribution in [0.15, 0.2) is 24.3 Å². The quantitative estimate of drug-likeness (QED) is 0.900. The first-order valence-corrected chi connectivity index (χ1v) is 7.31. The van der Waals surface area contributed by atoms with Crippen LogP contribution in [0.3, 0.4) is 0 Å². The summed E-state index contributed by atoms with van der Waals surface area (Å²) in [6, 6.07) is 8.79. The van der Waals surface area contributed by atoms with Gasteiger partial charge in [0.2, 0.25) is 5.82 Å². The van der Waals surface area contributed by atoms with Crippen molar-refractivity contribution in [3.05, 3.63) is 24.3 Å². The molecule has 2 atom stereocenters. The number of aromatic nitrogens is 4. The summed E-state index contributed by atoms with van der Waals surface area (Å²) in [4.78, 5) is 0. The minimum Gasteiger partial charge on any atom is -0.382 e. The lowest BCUT2D eigenvalue weighted by atomic mass is 9.80. The summed E-state index contributed by atoms with van der Waals surface area (Å²) in [6.45, 7) is 4.69. The Hall–Kier alpha value is -1.91. The Balaban J connectivity index is 1.73. The fourth-order valence-corrected chi connectivity index (χ4v) is 3.33. The van der Waals surface area contributed by atoms with Crippen LogP contribution in [0.5, 0.6) is 0 Å². The maximum atomic E-state index is 4.02. The monoisotopic (exact) mass is 271 g/mol. The zero-order valence-electron chi connectivity index (χ0n) is 12.0. The third-order valence-corrected chi connectivity index (χ3v) is 4.02. The fraction of sp³-hybridized carbons (Fsp3) is 0.533. The van der Waals surface area contributed by atoms with E-state index < -0.39 is 0 Å². The van der Waals surface area contributed by atoms with Crippen LogP contribution in [-0.2, 0) is 0 Å². The summed E-state index contributed by atoms with van der Waals surface area (Å²) in [6.07, 6.45) is 3.84. The number of hydrogen-bond acceptors (Lipinski definition) is 4. The van der Waals surface area contributed by atoms with Crippen molar-refractivity contribution in [3.63, 3.8) is 0 Å². The third-order valence-electron chi connectivity index (χ3n) is 4.02. The molecule has 3 rings (SSSR count). The smallest absolute Gasteiger partial charge is 0.204 e. The van der Waals surface area contributed by atoms with E-state index in [0.29, 0.717) is 11.9 Å². The van der Waals surface area contributed by atoms with Gasteiger partial charge in [0.05, 0.1) is 0 Å². The average molecular weight is 271 g/mol. The first kappa shape index (κ1) is 13.1. The normalized spacial score (nSPS) is 26.4. The van der Waals surface area contributed by atoms with E-state index in [1.54, 1.807) is 0 Å². The largest absolute Gasteiger partial charge is 0.382 e. The molecule has 2 N–H and O–H groups in total. The number of benzene rings is 1. The second kappa shape index (κ2) is 5.61. The fourth-order valence-electron chi connectivity index (χ4n) is 3.33. The highest BCUT2D eigenvalue weighted by Crippen LogP contribution is 2.31. The summed E-state index contributed by atoms with van der Waals surface area (Å²) >= 11 is 0. The molecule has 5 heteroatoms. The lowest BCUT2D eigenvalue weighted by Gasteiger charge is -2.32. The maximum Gasteiger partial charge on any atom is 0.204 e. The summed E-state index contributed by atoms with van der Waals surface area (Å²) in [5.74, 6) is 2.24. The zero-order chi connectivity index (χ0) is 13.9. The number of aromatic amines is 1. The van der Waals surface area contributed by atoms with Crippen molar-refractivity contribution < 1.29 is 0 Å². The van der Waals surface area contributed by atoms with Gasteiger partial charge in [-0.15, -0.1) is 10.2 Å². The van der Waals surface area contributed by atoms with E-state index in [1.807, 2.05) is 12.1 Å². The first-order valence-electron chi connectivity index (χ1n) is 7.31. The summed E-state index contributed by atoms with van der Waals surface area (Å²) < 4.78 is 0. The standard InChI is InChI=1S/C15H21N5/c1-10-6-11(2)8-14(7-10)16-13-5-3-4-12(9-13)15-17-19-20-18-15/h3-5,9-11,14,16H,6-8H2,1-2H3,(H,17,18,19,20). The van der Waals surface area contributed by atoms with Crippen molar-refractivity contribution in [3.8, 4) is 11.4 Å². The van der Waals surface area contributed by atoms with Crippen molar-refractivity contribution in [1.29, 1.82) is 0 Å². The molecule has 1 fully saturated rings. The number of nitrogens with zero attached hydrogens (tertiary/aromatic N) is 3. The van der Waals surface area contributed by atoms with Gasteiger partial charge in [0.25, 0.3) is 0 Å². The Kier molecular flexibility index (Phi) is 3.67.